The first-order valence-corrected chi connectivity index (χ1v) is 7.38. The van der Waals surface area contributed by atoms with E-state index in [4.69, 9.17) is 0 Å². The van der Waals surface area contributed by atoms with Crippen molar-refractivity contribution in [3.05, 3.63) is 55.4 Å². The highest BCUT2D eigenvalue weighted by molar-refractivity contribution is 5.84. The highest BCUT2D eigenvalue weighted by Gasteiger charge is 2.10. The van der Waals surface area contributed by atoms with Crippen molar-refractivity contribution in [1.82, 2.24) is 29.3 Å². The number of imidazole rings is 1. The Bertz CT molecular complexity index is 939. The maximum absolute atomic E-state index is 4.40. The number of nitrogens with one attached hydrogen (secondary N) is 1. The van der Waals surface area contributed by atoms with Gasteiger partial charge in [-0.1, -0.05) is 18.2 Å². The molecule has 7 nitrogen and oxygen atoms in total. The molecule has 0 aliphatic rings. The van der Waals surface area contributed by atoms with Gasteiger partial charge in [-0.15, -0.1) is 0 Å². The molecule has 1 N–H and O–H groups in total. The number of hydrogen-bond donors (Lipinski definition) is 1. The molecule has 23 heavy (non-hydrogen) atoms. The Morgan fingerprint density at radius 3 is 2.78 bits per heavy atom. The first-order valence-electron chi connectivity index (χ1n) is 7.38. The minimum Gasteiger partial charge on any atom is -0.336 e. The van der Waals surface area contributed by atoms with Crippen LogP contribution >= 0.6 is 0 Å². The van der Waals surface area contributed by atoms with Crippen LogP contribution in [0.4, 0.5) is 11.5 Å². The second-order valence-corrected chi connectivity index (χ2v) is 5.06. The Hall–Kier alpha value is -3.22. The summed E-state index contributed by atoms with van der Waals surface area (Å²) in [5.74, 6) is 0.676. The van der Waals surface area contributed by atoms with Crippen molar-refractivity contribution >= 4 is 22.7 Å². The second kappa shape index (κ2) is 5.53. The standard InChI is InChI=1S/C16H15N7/c1-2-22-11-19-14-15(17-10-18-16(14)22)21-12-8-20-23(9-12)13-6-4-3-5-7-13/h3-11H,2H2,1H3,(H,17,18,21). The van der Waals surface area contributed by atoms with E-state index in [1.807, 2.05) is 45.8 Å². The number of aromatic nitrogens is 6. The molecule has 0 radical (unpaired) electrons. The van der Waals surface area contributed by atoms with Crippen LogP contribution < -0.4 is 5.32 Å². The van der Waals surface area contributed by atoms with Crippen molar-refractivity contribution in [2.24, 2.45) is 0 Å². The average molecular weight is 305 g/mol. The molecule has 0 aliphatic heterocycles. The summed E-state index contributed by atoms with van der Waals surface area (Å²) in [6.45, 7) is 2.87. The summed E-state index contributed by atoms with van der Waals surface area (Å²) in [6, 6.07) is 9.95. The summed E-state index contributed by atoms with van der Waals surface area (Å²) < 4.78 is 3.79. The van der Waals surface area contributed by atoms with Crippen LogP contribution in [0.15, 0.2) is 55.4 Å². The van der Waals surface area contributed by atoms with Gasteiger partial charge in [0.2, 0.25) is 0 Å². The molecule has 114 valence electrons. The lowest BCUT2D eigenvalue weighted by Crippen LogP contribution is -1.98. The number of hydrogen-bond acceptors (Lipinski definition) is 5. The zero-order chi connectivity index (χ0) is 15.6. The van der Waals surface area contributed by atoms with E-state index in [1.165, 1.54) is 0 Å². The number of aryl methyl sites for hydroxylation is 1. The predicted octanol–water partition coefficient (Wildman–Crippen LogP) is 2.78. The summed E-state index contributed by atoms with van der Waals surface area (Å²) in [4.78, 5) is 13.0. The lowest BCUT2D eigenvalue weighted by Gasteiger charge is -2.03. The van der Waals surface area contributed by atoms with Crippen molar-refractivity contribution < 1.29 is 0 Å². The molecule has 0 unspecified atom stereocenters. The van der Waals surface area contributed by atoms with E-state index in [9.17, 15) is 0 Å². The van der Waals surface area contributed by atoms with E-state index >= 15 is 0 Å². The SMILES string of the molecule is CCn1cnc2c(Nc3cnn(-c4ccccc4)c3)ncnc21. The molecule has 0 saturated heterocycles. The van der Waals surface area contributed by atoms with Crippen LogP contribution in [0.5, 0.6) is 0 Å². The minimum absolute atomic E-state index is 0.676. The van der Waals surface area contributed by atoms with E-state index in [1.54, 1.807) is 18.9 Å². The summed E-state index contributed by atoms with van der Waals surface area (Å²) in [7, 11) is 0. The van der Waals surface area contributed by atoms with Gasteiger partial charge in [-0.05, 0) is 19.1 Å². The van der Waals surface area contributed by atoms with E-state index in [0.717, 1.165) is 29.1 Å². The molecule has 3 heterocycles. The molecular formula is C16H15N7. The first-order chi connectivity index (χ1) is 11.3. The van der Waals surface area contributed by atoms with Crippen LogP contribution in [0, 0.1) is 0 Å². The zero-order valence-corrected chi connectivity index (χ0v) is 12.6. The third-order valence-corrected chi connectivity index (χ3v) is 3.61. The Kier molecular flexibility index (Phi) is 3.23. The van der Waals surface area contributed by atoms with Gasteiger partial charge >= 0.3 is 0 Å². The van der Waals surface area contributed by atoms with Gasteiger partial charge < -0.3 is 9.88 Å². The lowest BCUT2D eigenvalue weighted by molar-refractivity contribution is 0.777. The first kappa shape index (κ1) is 13.4. The molecular weight excluding hydrogens is 290 g/mol. The molecule has 0 bridgehead atoms. The number of fused-ring (bicyclic) bond motifs is 1. The Morgan fingerprint density at radius 2 is 1.96 bits per heavy atom. The molecule has 3 aromatic heterocycles. The van der Waals surface area contributed by atoms with E-state index in [0.29, 0.717) is 5.82 Å². The Balaban J connectivity index is 1.67. The molecule has 0 saturated carbocycles. The fraction of sp³-hybridized carbons (Fsp3) is 0.125. The van der Waals surface area contributed by atoms with Crippen molar-refractivity contribution in [1.29, 1.82) is 0 Å². The van der Waals surface area contributed by atoms with Crippen molar-refractivity contribution in [3.63, 3.8) is 0 Å². The van der Waals surface area contributed by atoms with Gasteiger partial charge in [0.25, 0.3) is 0 Å². The number of anilines is 2. The smallest absolute Gasteiger partial charge is 0.165 e. The number of nitrogens with zero attached hydrogens (tertiary/aromatic N) is 6. The monoisotopic (exact) mass is 305 g/mol. The van der Waals surface area contributed by atoms with Gasteiger partial charge in [-0.2, -0.15) is 5.10 Å². The predicted molar refractivity (Wildman–Crippen MR) is 87.8 cm³/mol. The van der Waals surface area contributed by atoms with Crippen LogP contribution in [0.25, 0.3) is 16.9 Å². The lowest BCUT2D eigenvalue weighted by atomic mass is 10.3. The maximum Gasteiger partial charge on any atom is 0.165 e. The van der Waals surface area contributed by atoms with E-state index in [2.05, 4.69) is 32.3 Å². The van der Waals surface area contributed by atoms with Gasteiger partial charge in [-0.3, -0.25) is 0 Å². The maximum atomic E-state index is 4.40. The largest absolute Gasteiger partial charge is 0.336 e. The van der Waals surface area contributed by atoms with Crippen LogP contribution in [0.2, 0.25) is 0 Å². The molecule has 4 rings (SSSR count). The van der Waals surface area contributed by atoms with Crippen LogP contribution in [-0.2, 0) is 6.54 Å². The molecule has 0 aliphatic carbocycles. The Labute approximate surface area is 132 Å². The van der Waals surface area contributed by atoms with E-state index < -0.39 is 0 Å². The van der Waals surface area contributed by atoms with Crippen molar-refractivity contribution in [2.45, 2.75) is 13.5 Å². The van der Waals surface area contributed by atoms with Gasteiger partial charge in [0, 0.05) is 6.54 Å². The fourth-order valence-electron chi connectivity index (χ4n) is 2.45. The fourth-order valence-corrected chi connectivity index (χ4v) is 2.45. The third kappa shape index (κ3) is 2.42. The van der Waals surface area contributed by atoms with Gasteiger partial charge in [0.05, 0.1) is 30.1 Å². The minimum atomic E-state index is 0.676. The number of rotatable bonds is 4. The average Bonchev–Trinajstić information content (AvgIpc) is 3.23. The van der Waals surface area contributed by atoms with Crippen LogP contribution in [0.1, 0.15) is 6.92 Å². The summed E-state index contributed by atoms with van der Waals surface area (Å²) >= 11 is 0. The summed E-state index contributed by atoms with van der Waals surface area (Å²) in [6.07, 6.45) is 7.00. The molecule has 1 aromatic carbocycles. The molecule has 0 spiro atoms. The Morgan fingerprint density at radius 1 is 1.09 bits per heavy atom. The molecule has 0 amide bonds. The second-order valence-electron chi connectivity index (χ2n) is 5.06. The summed E-state index contributed by atoms with van der Waals surface area (Å²) in [5, 5.41) is 7.63. The van der Waals surface area contributed by atoms with Crippen molar-refractivity contribution in [3.8, 4) is 5.69 Å². The quantitative estimate of drug-likeness (QED) is 0.627. The van der Waals surface area contributed by atoms with Gasteiger partial charge in [-0.25, -0.2) is 19.6 Å². The highest BCUT2D eigenvalue weighted by Crippen LogP contribution is 2.22. The molecule has 7 heteroatoms. The number of para-hydroxylation sites is 1. The van der Waals surface area contributed by atoms with Gasteiger partial charge in [0.15, 0.2) is 17.0 Å². The zero-order valence-electron chi connectivity index (χ0n) is 12.6. The van der Waals surface area contributed by atoms with Crippen molar-refractivity contribution in [2.75, 3.05) is 5.32 Å². The van der Waals surface area contributed by atoms with E-state index in [-0.39, 0.29) is 0 Å². The summed E-state index contributed by atoms with van der Waals surface area (Å²) in [5.41, 5.74) is 3.42. The molecule has 0 fully saturated rings. The van der Waals surface area contributed by atoms with Gasteiger partial charge in [0.1, 0.15) is 6.33 Å². The van der Waals surface area contributed by atoms with Crippen LogP contribution in [0.3, 0.4) is 0 Å². The third-order valence-electron chi connectivity index (χ3n) is 3.61. The normalized spacial score (nSPS) is 11.0. The number of benzene rings is 1. The topological polar surface area (TPSA) is 73.5 Å². The molecule has 4 aromatic rings. The van der Waals surface area contributed by atoms with Crippen LogP contribution in [-0.4, -0.2) is 29.3 Å². The molecule has 0 atom stereocenters. The highest BCUT2D eigenvalue weighted by atomic mass is 15.3.